The van der Waals surface area contributed by atoms with Gasteiger partial charge in [-0.05, 0) is 56.1 Å². The summed E-state index contributed by atoms with van der Waals surface area (Å²) in [5, 5.41) is 5.62. The van der Waals surface area contributed by atoms with E-state index in [1.54, 1.807) is 7.11 Å². The van der Waals surface area contributed by atoms with Crippen LogP contribution in [0.2, 0.25) is 0 Å². The minimum atomic E-state index is 0.0614. The molecular weight excluding hydrogens is 378 g/mol. The Balaban J connectivity index is 1.25. The first kappa shape index (κ1) is 19.3. The number of rotatable bonds is 3. The Bertz CT molecular complexity index is 1040. The summed E-state index contributed by atoms with van der Waals surface area (Å²) >= 11 is 0. The number of hydrogen-bond acceptors (Lipinski definition) is 4. The van der Waals surface area contributed by atoms with Crippen LogP contribution in [0.4, 0.5) is 4.79 Å². The summed E-state index contributed by atoms with van der Waals surface area (Å²) in [5.74, 6) is 0.462. The molecule has 1 unspecified atom stereocenters. The molecule has 158 valence electrons. The highest BCUT2D eigenvalue weighted by Crippen LogP contribution is 2.38. The van der Waals surface area contributed by atoms with Crippen molar-refractivity contribution in [1.29, 1.82) is 0 Å². The van der Waals surface area contributed by atoms with Gasteiger partial charge in [-0.3, -0.25) is 0 Å². The lowest BCUT2D eigenvalue weighted by Gasteiger charge is -2.35. The van der Waals surface area contributed by atoms with Gasteiger partial charge in [-0.25, -0.2) is 14.8 Å². The van der Waals surface area contributed by atoms with Gasteiger partial charge in [-0.2, -0.15) is 0 Å². The molecule has 5 rings (SSSR count). The fraction of sp³-hybridized carbons (Fsp3) is 0.522. The molecule has 30 heavy (non-hydrogen) atoms. The lowest BCUT2D eigenvalue weighted by molar-refractivity contribution is 0.0427. The third-order valence-corrected chi connectivity index (χ3v) is 6.80. The van der Waals surface area contributed by atoms with E-state index in [0.717, 1.165) is 56.2 Å². The molecule has 4 heterocycles. The third-order valence-electron chi connectivity index (χ3n) is 6.80. The number of hydrogen-bond donors (Lipinski definition) is 2. The first-order chi connectivity index (χ1) is 14.7. The summed E-state index contributed by atoms with van der Waals surface area (Å²) < 4.78 is 5.45. The molecule has 3 aromatic rings. The number of nitrogens with zero attached hydrogens (tertiary/aromatic N) is 3. The van der Waals surface area contributed by atoms with Crippen LogP contribution in [0, 0.1) is 0 Å². The van der Waals surface area contributed by atoms with Crippen molar-refractivity contribution in [2.24, 2.45) is 0 Å². The summed E-state index contributed by atoms with van der Waals surface area (Å²) in [6, 6.07) is 4.47. The van der Waals surface area contributed by atoms with E-state index >= 15 is 0 Å². The highest BCUT2D eigenvalue weighted by molar-refractivity contribution is 6.05. The Morgan fingerprint density at radius 2 is 2.03 bits per heavy atom. The minimum absolute atomic E-state index is 0.0614. The standard InChI is InChI=1S/C23H29N5O2/c1-30-17-4-3-11-28(14-17)23(29)27-16-8-6-15(7-9-16)19-12-25-22-21(19)18-5-2-10-24-20(18)13-26-22/h2,5,10,12-13,15-17,24H,3-4,6-9,11,14H2,1H3,(H,27,29). The van der Waals surface area contributed by atoms with E-state index in [4.69, 9.17) is 4.74 Å². The highest BCUT2D eigenvalue weighted by Gasteiger charge is 2.29. The number of pyridine rings is 2. The van der Waals surface area contributed by atoms with Gasteiger partial charge in [0.05, 0.1) is 17.8 Å². The summed E-state index contributed by atoms with van der Waals surface area (Å²) in [7, 11) is 1.73. The Labute approximate surface area is 176 Å². The number of ether oxygens (including phenoxy) is 1. The molecule has 1 saturated carbocycles. The molecule has 0 aromatic carbocycles. The summed E-state index contributed by atoms with van der Waals surface area (Å²) in [5.41, 5.74) is 3.16. The SMILES string of the molecule is COC1CCCN(C(=O)NC2CCC(c3cnc4ncc5[nH]cccc5c34)CC2)C1. The van der Waals surface area contributed by atoms with Crippen molar-refractivity contribution in [3.63, 3.8) is 0 Å². The van der Waals surface area contributed by atoms with Crippen LogP contribution in [0.5, 0.6) is 0 Å². The molecule has 1 aliphatic carbocycles. The molecule has 0 spiro atoms. The Kier molecular flexibility index (Phi) is 5.29. The van der Waals surface area contributed by atoms with E-state index in [9.17, 15) is 4.79 Å². The van der Waals surface area contributed by atoms with Crippen LogP contribution in [0.25, 0.3) is 21.9 Å². The van der Waals surface area contributed by atoms with Crippen molar-refractivity contribution in [3.8, 4) is 0 Å². The Morgan fingerprint density at radius 1 is 1.20 bits per heavy atom. The van der Waals surface area contributed by atoms with Gasteiger partial charge in [0, 0.05) is 49.4 Å². The van der Waals surface area contributed by atoms with Crippen molar-refractivity contribution in [2.45, 2.75) is 56.6 Å². The van der Waals surface area contributed by atoms with Crippen molar-refractivity contribution >= 4 is 28.0 Å². The first-order valence-corrected chi connectivity index (χ1v) is 11.0. The number of aromatic nitrogens is 3. The van der Waals surface area contributed by atoms with Crippen LogP contribution >= 0.6 is 0 Å². The second-order valence-corrected chi connectivity index (χ2v) is 8.61. The molecule has 2 N–H and O–H groups in total. The maximum Gasteiger partial charge on any atom is 0.317 e. The Morgan fingerprint density at radius 3 is 2.87 bits per heavy atom. The molecule has 2 amide bonds. The smallest absolute Gasteiger partial charge is 0.317 e. The monoisotopic (exact) mass is 407 g/mol. The van der Waals surface area contributed by atoms with E-state index in [2.05, 4.69) is 26.3 Å². The number of carbonyl (C=O) groups excluding carboxylic acids is 1. The molecule has 7 heteroatoms. The molecule has 3 aromatic heterocycles. The molecule has 0 radical (unpaired) electrons. The summed E-state index contributed by atoms with van der Waals surface area (Å²) in [6.45, 7) is 1.52. The lowest BCUT2D eigenvalue weighted by Crippen LogP contribution is -2.50. The predicted molar refractivity (Wildman–Crippen MR) is 117 cm³/mol. The number of fused-ring (bicyclic) bond motifs is 3. The number of piperidine rings is 1. The molecule has 2 fully saturated rings. The van der Waals surface area contributed by atoms with Crippen LogP contribution < -0.4 is 5.32 Å². The van der Waals surface area contributed by atoms with Crippen molar-refractivity contribution in [2.75, 3.05) is 20.2 Å². The van der Waals surface area contributed by atoms with Gasteiger partial charge in [-0.15, -0.1) is 0 Å². The van der Waals surface area contributed by atoms with Gasteiger partial charge in [-0.1, -0.05) is 6.07 Å². The predicted octanol–water partition coefficient (Wildman–Crippen LogP) is 3.96. The number of carbonyl (C=O) groups is 1. The van der Waals surface area contributed by atoms with E-state index in [-0.39, 0.29) is 18.2 Å². The number of aromatic amines is 1. The zero-order valence-corrected chi connectivity index (χ0v) is 17.4. The number of methoxy groups -OCH3 is 1. The summed E-state index contributed by atoms with van der Waals surface area (Å²) in [4.78, 5) is 27.0. The number of nitrogens with one attached hydrogen (secondary N) is 2. The van der Waals surface area contributed by atoms with E-state index in [0.29, 0.717) is 12.5 Å². The second kappa shape index (κ2) is 8.22. The van der Waals surface area contributed by atoms with E-state index in [1.165, 1.54) is 16.3 Å². The maximum absolute atomic E-state index is 12.7. The van der Waals surface area contributed by atoms with E-state index in [1.807, 2.05) is 29.6 Å². The van der Waals surface area contributed by atoms with Crippen LogP contribution in [-0.2, 0) is 4.74 Å². The van der Waals surface area contributed by atoms with Crippen LogP contribution in [0.3, 0.4) is 0 Å². The number of amides is 2. The van der Waals surface area contributed by atoms with Gasteiger partial charge in [0.1, 0.15) is 0 Å². The van der Waals surface area contributed by atoms with Crippen LogP contribution in [0.1, 0.15) is 50.0 Å². The van der Waals surface area contributed by atoms with Gasteiger partial charge in [0.25, 0.3) is 0 Å². The van der Waals surface area contributed by atoms with Gasteiger partial charge < -0.3 is 19.9 Å². The van der Waals surface area contributed by atoms with Gasteiger partial charge in [0.2, 0.25) is 0 Å². The minimum Gasteiger partial charge on any atom is -0.380 e. The average Bonchev–Trinajstić information content (AvgIpc) is 3.24. The topological polar surface area (TPSA) is 83.1 Å². The first-order valence-electron chi connectivity index (χ1n) is 11.0. The van der Waals surface area contributed by atoms with Crippen LogP contribution in [-0.4, -0.2) is 58.2 Å². The Hall–Kier alpha value is -2.67. The van der Waals surface area contributed by atoms with Gasteiger partial charge in [0.15, 0.2) is 5.65 Å². The van der Waals surface area contributed by atoms with E-state index < -0.39 is 0 Å². The maximum atomic E-state index is 12.7. The molecule has 1 atom stereocenters. The quantitative estimate of drug-likeness (QED) is 0.688. The zero-order chi connectivity index (χ0) is 20.5. The van der Waals surface area contributed by atoms with Crippen molar-refractivity contribution in [3.05, 3.63) is 36.3 Å². The fourth-order valence-electron chi connectivity index (χ4n) is 5.10. The van der Waals surface area contributed by atoms with Crippen LogP contribution in [0.15, 0.2) is 30.7 Å². The number of H-pyrrole nitrogens is 1. The van der Waals surface area contributed by atoms with Crippen molar-refractivity contribution in [1.82, 2.24) is 25.2 Å². The number of urea groups is 1. The third kappa shape index (κ3) is 3.62. The zero-order valence-electron chi connectivity index (χ0n) is 17.4. The largest absolute Gasteiger partial charge is 0.380 e. The fourth-order valence-corrected chi connectivity index (χ4v) is 5.10. The van der Waals surface area contributed by atoms with Crippen molar-refractivity contribution < 1.29 is 9.53 Å². The average molecular weight is 408 g/mol. The molecule has 1 aliphatic heterocycles. The highest BCUT2D eigenvalue weighted by atomic mass is 16.5. The molecule has 7 nitrogen and oxygen atoms in total. The second-order valence-electron chi connectivity index (χ2n) is 8.61. The lowest BCUT2D eigenvalue weighted by atomic mass is 9.81. The molecule has 2 aliphatic rings. The van der Waals surface area contributed by atoms with Gasteiger partial charge >= 0.3 is 6.03 Å². The molecule has 0 bridgehead atoms. The summed E-state index contributed by atoms with van der Waals surface area (Å²) in [6.07, 6.45) is 12.1. The normalized spacial score (nSPS) is 25.0. The molecule has 1 saturated heterocycles. The molecular formula is C23H29N5O2. The number of likely N-dealkylation sites (tertiary alicyclic amines) is 1.